The van der Waals surface area contributed by atoms with Crippen molar-refractivity contribution in [3.05, 3.63) is 23.4 Å². The maximum Gasteiger partial charge on any atom is 0.433 e. The molecule has 2 unspecified atom stereocenters. The molecule has 1 fully saturated rings. The molecule has 5 nitrogen and oxygen atoms in total. The Morgan fingerprint density at radius 1 is 1.45 bits per heavy atom. The van der Waals surface area contributed by atoms with Crippen LogP contribution in [0, 0.1) is 23.2 Å². The minimum Gasteiger partial charge on any atom is -0.481 e. The van der Waals surface area contributed by atoms with Gasteiger partial charge in [-0.05, 0) is 24.5 Å². The van der Waals surface area contributed by atoms with E-state index in [0.29, 0.717) is 13.0 Å². The largest absolute Gasteiger partial charge is 0.481 e. The van der Waals surface area contributed by atoms with Gasteiger partial charge in [-0.2, -0.15) is 18.4 Å². The number of alkyl halides is 3. The van der Waals surface area contributed by atoms with Crippen molar-refractivity contribution in [3.63, 3.8) is 0 Å². The first-order valence-electron chi connectivity index (χ1n) is 6.68. The average Bonchev–Trinajstić information content (AvgIpc) is 2.44. The van der Waals surface area contributed by atoms with Crippen LogP contribution in [0.3, 0.4) is 0 Å². The number of nitriles is 1. The van der Waals surface area contributed by atoms with Crippen LogP contribution < -0.4 is 4.90 Å². The van der Waals surface area contributed by atoms with Crippen molar-refractivity contribution < 1.29 is 23.1 Å². The van der Waals surface area contributed by atoms with Crippen molar-refractivity contribution >= 4 is 11.8 Å². The van der Waals surface area contributed by atoms with E-state index in [0.717, 1.165) is 12.1 Å². The second-order valence-electron chi connectivity index (χ2n) is 5.46. The number of piperidine rings is 1. The van der Waals surface area contributed by atoms with Crippen molar-refractivity contribution in [2.45, 2.75) is 19.5 Å². The van der Waals surface area contributed by atoms with Gasteiger partial charge in [-0.25, -0.2) is 4.98 Å². The highest BCUT2D eigenvalue weighted by atomic mass is 19.4. The molecule has 2 heterocycles. The predicted molar refractivity (Wildman–Crippen MR) is 71.1 cm³/mol. The quantitative estimate of drug-likeness (QED) is 0.908. The molecule has 0 bridgehead atoms. The van der Waals surface area contributed by atoms with Crippen molar-refractivity contribution in [2.75, 3.05) is 18.0 Å². The lowest BCUT2D eigenvalue weighted by Crippen LogP contribution is -2.43. The summed E-state index contributed by atoms with van der Waals surface area (Å²) in [4.78, 5) is 16.2. The monoisotopic (exact) mass is 313 g/mol. The summed E-state index contributed by atoms with van der Waals surface area (Å²) in [6, 6.07) is 3.64. The normalized spacial score (nSPS) is 22.2. The number of aliphatic carboxylic acids is 1. The minimum atomic E-state index is -4.61. The molecule has 1 aliphatic heterocycles. The van der Waals surface area contributed by atoms with Gasteiger partial charge in [-0.1, -0.05) is 6.92 Å². The number of anilines is 1. The topological polar surface area (TPSA) is 77.2 Å². The zero-order valence-corrected chi connectivity index (χ0v) is 11.8. The molecule has 0 radical (unpaired) electrons. The first-order chi connectivity index (χ1) is 10.2. The highest BCUT2D eigenvalue weighted by Crippen LogP contribution is 2.32. The van der Waals surface area contributed by atoms with Gasteiger partial charge in [-0.3, -0.25) is 4.79 Å². The number of pyridine rings is 1. The van der Waals surface area contributed by atoms with Crippen LogP contribution in [0.25, 0.3) is 0 Å². The maximum atomic E-state index is 12.8. The van der Waals surface area contributed by atoms with E-state index >= 15 is 0 Å². The molecule has 0 amide bonds. The molecule has 1 aromatic rings. The van der Waals surface area contributed by atoms with E-state index < -0.39 is 23.8 Å². The van der Waals surface area contributed by atoms with Crippen molar-refractivity contribution in [1.29, 1.82) is 5.26 Å². The van der Waals surface area contributed by atoms with Crippen LogP contribution in [0.4, 0.5) is 19.0 Å². The Kier molecular flexibility index (Phi) is 4.26. The molecule has 1 N–H and O–H groups in total. The number of aromatic nitrogens is 1. The Hall–Kier alpha value is -2.30. The number of carbonyl (C=O) groups is 1. The van der Waals surface area contributed by atoms with Crippen LogP contribution >= 0.6 is 0 Å². The van der Waals surface area contributed by atoms with Crippen LogP contribution in [0.1, 0.15) is 24.6 Å². The molecule has 0 aromatic carbocycles. The summed E-state index contributed by atoms with van der Waals surface area (Å²) in [6.45, 7) is 2.23. The van der Waals surface area contributed by atoms with E-state index in [1.165, 1.54) is 4.90 Å². The van der Waals surface area contributed by atoms with Crippen LogP contribution in [0.15, 0.2) is 12.1 Å². The number of carboxylic acid groups (broad SMARTS) is 1. The fraction of sp³-hybridized carbons (Fsp3) is 0.500. The predicted octanol–water partition coefficient (Wildman–Crippen LogP) is 2.52. The van der Waals surface area contributed by atoms with Gasteiger partial charge in [-0.15, -0.1) is 0 Å². The summed E-state index contributed by atoms with van der Waals surface area (Å²) in [5, 5.41) is 18.2. The fourth-order valence-electron chi connectivity index (χ4n) is 2.64. The van der Waals surface area contributed by atoms with Crippen LogP contribution in [-0.4, -0.2) is 29.1 Å². The lowest BCUT2D eigenvalue weighted by molar-refractivity contribution is -0.143. The minimum absolute atomic E-state index is 0.00578. The SMILES string of the molecule is CC1CC(C(=O)O)CN(c2nc(C(F)(F)F)ccc2C#N)C1. The summed E-state index contributed by atoms with van der Waals surface area (Å²) < 4.78 is 38.4. The lowest BCUT2D eigenvalue weighted by Gasteiger charge is -2.36. The van der Waals surface area contributed by atoms with Crippen LogP contribution in [-0.2, 0) is 11.0 Å². The number of carboxylic acids is 1. The third-order valence-electron chi connectivity index (χ3n) is 3.59. The molecule has 118 valence electrons. The number of hydrogen-bond donors (Lipinski definition) is 1. The standard InChI is InChI=1S/C14H14F3N3O2/c1-8-4-10(13(21)22)7-20(6-8)12-9(5-18)2-3-11(19-12)14(15,16)17/h2-3,8,10H,4,6-7H2,1H3,(H,21,22). The van der Waals surface area contributed by atoms with Gasteiger partial charge >= 0.3 is 12.1 Å². The van der Waals surface area contributed by atoms with E-state index in [4.69, 9.17) is 10.4 Å². The molecular formula is C14H14F3N3O2. The van der Waals surface area contributed by atoms with Gasteiger partial charge in [0.15, 0.2) is 0 Å². The number of halogens is 3. The Labute approximate surface area is 125 Å². The van der Waals surface area contributed by atoms with E-state index in [2.05, 4.69) is 4.98 Å². The molecule has 1 saturated heterocycles. The van der Waals surface area contributed by atoms with Gasteiger partial charge in [0.05, 0.1) is 11.5 Å². The van der Waals surface area contributed by atoms with Gasteiger partial charge in [0, 0.05) is 13.1 Å². The second kappa shape index (κ2) is 5.83. The Morgan fingerprint density at radius 3 is 2.68 bits per heavy atom. The maximum absolute atomic E-state index is 12.8. The van der Waals surface area contributed by atoms with Gasteiger partial charge < -0.3 is 10.0 Å². The van der Waals surface area contributed by atoms with Crippen LogP contribution in [0.5, 0.6) is 0 Å². The van der Waals surface area contributed by atoms with Gasteiger partial charge in [0.1, 0.15) is 17.6 Å². The molecule has 2 rings (SSSR count). The number of hydrogen-bond acceptors (Lipinski definition) is 4. The molecular weight excluding hydrogens is 299 g/mol. The molecule has 0 spiro atoms. The lowest BCUT2D eigenvalue weighted by atomic mass is 9.90. The van der Waals surface area contributed by atoms with E-state index in [9.17, 15) is 18.0 Å². The smallest absolute Gasteiger partial charge is 0.433 e. The first-order valence-corrected chi connectivity index (χ1v) is 6.68. The van der Waals surface area contributed by atoms with Crippen LogP contribution in [0.2, 0.25) is 0 Å². The van der Waals surface area contributed by atoms with E-state index in [-0.39, 0.29) is 23.8 Å². The molecule has 8 heteroatoms. The summed E-state index contributed by atoms with van der Waals surface area (Å²) >= 11 is 0. The summed E-state index contributed by atoms with van der Waals surface area (Å²) in [6.07, 6.45) is -4.16. The summed E-state index contributed by atoms with van der Waals surface area (Å²) in [7, 11) is 0. The number of nitrogens with zero attached hydrogens (tertiary/aromatic N) is 3. The Morgan fingerprint density at radius 2 is 2.14 bits per heavy atom. The molecule has 2 atom stereocenters. The molecule has 0 aliphatic carbocycles. The highest BCUT2D eigenvalue weighted by molar-refractivity contribution is 5.71. The molecule has 1 aromatic heterocycles. The van der Waals surface area contributed by atoms with Gasteiger partial charge in [0.25, 0.3) is 0 Å². The third kappa shape index (κ3) is 3.30. The summed E-state index contributed by atoms with van der Waals surface area (Å²) in [5.41, 5.74) is -1.09. The average molecular weight is 313 g/mol. The number of rotatable bonds is 2. The fourth-order valence-corrected chi connectivity index (χ4v) is 2.64. The molecule has 0 saturated carbocycles. The third-order valence-corrected chi connectivity index (χ3v) is 3.59. The van der Waals surface area contributed by atoms with E-state index in [1.54, 1.807) is 0 Å². The van der Waals surface area contributed by atoms with E-state index in [1.807, 2.05) is 13.0 Å². The van der Waals surface area contributed by atoms with Gasteiger partial charge in [0.2, 0.25) is 0 Å². The molecule has 1 aliphatic rings. The van der Waals surface area contributed by atoms with Crippen molar-refractivity contribution in [3.8, 4) is 6.07 Å². The second-order valence-corrected chi connectivity index (χ2v) is 5.46. The van der Waals surface area contributed by atoms with Crippen molar-refractivity contribution in [2.24, 2.45) is 11.8 Å². The Balaban J connectivity index is 2.41. The van der Waals surface area contributed by atoms with Crippen molar-refractivity contribution in [1.82, 2.24) is 4.98 Å². The highest BCUT2D eigenvalue weighted by Gasteiger charge is 2.35. The summed E-state index contributed by atoms with van der Waals surface area (Å²) in [5.74, 6) is -1.80. The zero-order valence-electron chi connectivity index (χ0n) is 11.8. The molecule has 22 heavy (non-hydrogen) atoms. The zero-order chi connectivity index (χ0) is 16.5. The Bertz CT molecular complexity index is 625. The first kappa shape index (κ1) is 16.1.